The number of rotatable bonds is 6. The minimum atomic E-state index is 0.595. The van der Waals surface area contributed by atoms with Crippen LogP contribution in [-0.4, -0.2) is 28.0 Å². The molecule has 1 aromatic carbocycles. The number of halogens is 1. The summed E-state index contributed by atoms with van der Waals surface area (Å²) < 4.78 is 14.4. The Balaban J connectivity index is 1.42. The van der Waals surface area contributed by atoms with Crippen LogP contribution in [0.25, 0.3) is 0 Å². The van der Waals surface area contributed by atoms with Crippen molar-refractivity contribution in [2.45, 2.75) is 23.9 Å². The van der Waals surface area contributed by atoms with E-state index < -0.39 is 0 Å². The zero-order chi connectivity index (χ0) is 17.1. The van der Waals surface area contributed by atoms with Crippen LogP contribution in [0.15, 0.2) is 45.6 Å². The SMILES string of the molecule is Brc1cc2c(cc1CSc1nncn1CCc1cccs1)OCCO2. The highest BCUT2D eigenvalue weighted by Crippen LogP contribution is 2.37. The van der Waals surface area contributed by atoms with Crippen molar-refractivity contribution in [2.75, 3.05) is 13.2 Å². The second kappa shape index (κ2) is 7.80. The minimum absolute atomic E-state index is 0.595. The van der Waals surface area contributed by atoms with E-state index in [1.165, 1.54) is 4.88 Å². The quantitative estimate of drug-likeness (QED) is 0.534. The Kier molecular flexibility index (Phi) is 5.28. The number of aryl methyl sites for hydroxylation is 2. The Morgan fingerprint density at radius 1 is 1.24 bits per heavy atom. The summed E-state index contributed by atoms with van der Waals surface area (Å²) >= 11 is 7.08. The van der Waals surface area contributed by atoms with Crippen molar-refractivity contribution in [1.29, 1.82) is 0 Å². The zero-order valence-corrected chi connectivity index (χ0v) is 16.6. The van der Waals surface area contributed by atoms with E-state index in [0.717, 1.165) is 45.4 Å². The van der Waals surface area contributed by atoms with Gasteiger partial charge in [-0.2, -0.15) is 0 Å². The van der Waals surface area contributed by atoms with Gasteiger partial charge in [-0.1, -0.05) is 33.8 Å². The molecular weight excluding hydrogens is 422 g/mol. The topological polar surface area (TPSA) is 49.2 Å². The lowest BCUT2D eigenvalue weighted by molar-refractivity contribution is 0.171. The molecule has 0 N–H and O–H groups in total. The van der Waals surface area contributed by atoms with E-state index >= 15 is 0 Å². The first-order chi connectivity index (χ1) is 12.3. The number of benzene rings is 1. The van der Waals surface area contributed by atoms with Crippen molar-refractivity contribution in [2.24, 2.45) is 0 Å². The van der Waals surface area contributed by atoms with Gasteiger partial charge in [0.15, 0.2) is 16.7 Å². The molecule has 0 unspecified atom stereocenters. The van der Waals surface area contributed by atoms with Gasteiger partial charge in [0, 0.05) is 21.6 Å². The van der Waals surface area contributed by atoms with Gasteiger partial charge in [0.05, 0.1) is 0 Å². The Morgan fingerprint density at radius 3 is 2.88 bits per heavy atom. The molecule has 0 radical (unpaired) electrons. The van der Waals surface area contributed by atoms with E-state index in [1.807, 2.05) is 12.1 Å². The maximum atomic E-state index is 5.67. The van der Waals surface area contributed by atoms with Crippen LogP contribution in [0.1, 0.15) is 10.4 Å². The average Bonchev–Trinajstić information content (AvgIpc) is 3.29. The van der Waals surface area contributed by atoms with Crippen molar-refractivity contribution in [3.63, 3.8) is 0 Å². The van der Waals surface area contributed by atoms with Gasteiger partial charge in [-0.05, 0) is 35.6 Å². The standard InChI is InChI=1S/C17H16BrN3O2S2/c18-14-9-16-15(22-5-6-23-16)8-12(14)10-25-17-20-19-11-21(17)4-3-13-2-1-7-24-13/h1-2,7-9,11H,3-6,10H2. The third kappa shape index (κ3) is 4.02. The molecule has 0 spiro atoms. The van der Waals surface area contributed by atoms with Crippen LogP contribution in [0.4, 0.5) is 0 Å². The van der Waals surface area contributed by atoms with E-state index in [-0.39, 0.29) is 0 Å². The number of ether oxygens (including phenoxy) is 2. The average molecular weight is 438 g/mol. The number of thioether (sulfide) groups is 1. The van der Waals surface area contributed by atoms with Crippen molar-refractivity contribution < 1.29 is 9.47 Å². The van der Waals surface area contributed by atoms with Crippen LogP contribution < -0.4 is 9.47 Å². The van der Waals surface area contributed by atoms with Crippen LogP contribution in [0.2, 0.25) is 0 Å². The lowest BCUT2D eigenvalue weighted by Gasteiger charge is -2.19. The third-order valence-corrected chi connectivity index (χ3v) is 6.53. The molecule has 130 valence electrons. The van der Waals surface area contributed by atoms with E-state index in [0.29, 0.717) is 13.2 Å². The second-order valence-electron chi connectivity index (χ2n) is 5.51. The number of fused-ring (bicyclic) bond motifs is 1. The normalized spacial score (nSPS) is 13.2. The molecule has 0 saturated heterocycles. The van der Waals surface area contributed by atoms with Crippen molar-refractivity contribution >= 4 is 39.0 Å². The van der Waals surface area contributed by atoms with Crippen molar-refractivity contribution in [1.82, 2.24) is 14.8 Å². The molecule has 0 atom stereocenters. The summed E-state index contributed by atoms with van der Waals surface area (Å²) in [6.45, 7) is 2.08. The fourth-order valence-electron chi connectivity index (χ4n) is 2.55. The summed E-state index contributed by atoms with van der Waals surface area (Å²) in [4.78, 5) is 1.37. The summed E-state index contributed by atoms with van der Waals surface area (Å²) in [7, 11) is 0. The zero-order valence-electron chi connectivity index (χ0n) is 13.4. The fraction of sp³-hybridized carbons (Fsp3) is 0.294. The van der Waals surface area contributed by atoms with Crippen molar-refractivity contribution in [3.05, 3.63) is 50.9 Å². The maximum Gasteiger partial charge on any atom is 0.191 e. The van der Waals surface area contributed by atoms with E-state index in [9.17, 15) is 0 Å². The predicted octanol–water partition coefficient (Wildman–Crippen LogP) is 4.41. The first-order valence-electron chi connectivity index (χ1n) is 7.90. The number of aromatic nitrogens is 3. The van der Waals surface area contributed by atoms with Crippen LogP contribution in [0, 0.1) is 0 Å². The molecule has 3 heterocycles. The lowest BCUT2D eigenvalue weighted by atomic mass is 10.2. The molecule has 4 rings (SSSR count). The first kappa shape index (κ1) is 16.9. The molecule has 1 aliphatic rings. The molecule has 5 nitrogen and oxygen atoms in total. The van der Waals surface area contributed by atoms with E-state index in [4.69, 9.17) is 9.47 Å². The second-order valence-corrected chi connectivity index (χ2v) is 8.34. The Bertz CT molecular complexity index is 852. The van der Waals surface area contributed by atoms with Crippen LogP contribution >= 0.6 is 39.0 Å². The molecule has 25 heavy (non-hydrogen) atoms. The smallest absolute Gasteiger partial charge is 0.191 e. The highest BCUT2D eigenvalue weighted by Gasteiger charge is 2.16. The van der Waals surface area contributed by atoms with Gasteiger partial charge in [0.1, 0.15) is 19.5 Å². The maximum absolute atomic E-state index is 5.67. The van der Waals surface area contributed by atoms with Gasteiger partial charge in [-0.25, -0.2) is 0 Å². The first-order valence-corrected chi connectivity index (χ1v) is 10.6. The minimum Gasteiger partial charge on any atom is -0.486 e. The van der Waals surface area contributed by atoms with Crippen LogP contribution in [0.3, 0.4) is 0 Å². The van der Waals surface area contributed by atoms with Gasteiger partial charge >= 0.3 is 0 Å². The molecule has 2 aromatic heterocycles. The van der Waals surface area contributed by atoms with E-state index in [1.54, 1.807) is 29.4 Å². The third-order valence-electron chi connectivity index (χ3n) is 3.83. The fourth-order valence-corrected chi connectivity index (χ4v) is 4.83. The largest absolute Gasteiger partial charge is 0.486 e. The van der Waals surface area contributed by atoms with Gasteiger partial charge < -0.3 is 14.0 Å². The summed E-state index contributed by atoms with van der Waals surface area (Å²) in [5.74, 6) is 2.39. The van der Waals surface area contributed by atoms with Gasteiger partial charge in [-0.3, -0.25) is 0 Å². The Hall–Kier alpha value is -1.51. The summed E-state index contributed by atoms with van der Waals surface area (Å²) in [6, 6.07) is 8.26. The van der Waals surface area contributed by atoms with E-state index in [2.05, 4.69) is 48.2 Å². The van der Waals surface area contributed by atoms with Gasteiger partial charge in [0.25, 0.3) is 0 Å². The molecule has 0 bridgehead atoms. The molecule has 0 aliphatic carbocycles. The van der Waals surface area contributed by atoms with Crippen molar-refractivity contribution in [3.8, 4) is 11.5 Å². The lowest BCUT2D eigenvalue weighted by Crippen LogP contribution is -2.15. The van der Waals surface area contributed by atoms with Crippen LogP contribution in [0.5, 0.6) is 11.5 Å². The van der Waals surface area contributed by atoms with Gasteiger partial charge in [0.2, 0.25) is 0 Å². The highest BCUT2D eigenvalue weighted by molar-refractivity contribution is 9.10. The number of hydrogen-bond donors (Lipinski definition) is 0. The predicted molar refractivity (Wildman–Crippen MR) is 103 cm³/mol. The van der Waals surface area contributed by atoms with Crippen LogP contribution in [-0.2, 0) is 18.7 Å². The number of nitrogens with zero attached hydrogens (tertiary/aromatic N) is 3. The Labute approximate surface area is 162 Å². The summed E-state index contributed by atoms with van der Waals surface area (Å²) in [5, 5.41) is 11.4. The number of hydrogen-bond acceptors (Lipinski definition) is 6. The molecule has 0 fully saturated rings. The Morgan fingerprint density at radius 2 is 2.08 bits per heavy atom. The molecule has 0 amide bonds. The molecule has 0 saturated carbocycles. The summed E-state index contributed by atoms with van der Waals surface area (Å²) in [6.07, 6.45) is 2.80. The molecule has 1 aliphatic heterocycles. The van der Waals surface area contributed by atoms with Gasteiger partial charge in [-0.15, -0.1) is 21.5 Å². The molecule has 3 aromatic rings. The highest BCUT2D eigenvalue weighted by atomic mass is 79.9. The molecule has 8 heteroatoms. The number of thiophene rings is 1. The molecular formula is C17H16BrN3O2S2. The summed E-state index contributed by atoms with van der Waals surface area (Å²) in [5.41, 5.74) is 1.15. The monoisotopic (exact) mass is 437 g/mol.